The van der Waals surface area contributed by atoms with Crippen molar-refractivity contribution in [1.29, 1.82) is 0 Å². The molecule has 0 saturated carbocycles. The van der Waals surface area contributed by atoms with Gasteiger partial charge in [0.25, 0.3) is 0 Å². The fourth-order valence-electron chi connectivity index (χ4n) is 1.29. The normalized spacial score (nSPS) is 10.4. The molecule has 0 aliphatic heterocycles. The van der Waals surface area contributed by atoms with Crippen molar-refractivity contribution in [2.24, 2.45) is 0 Å². The van der Waals surface area contributed by atoms with E-state index in [1.54, 1.807) is 11.3 Å². The van der Waals surface area contributed by atoms with Crippen molar-refractivity contribution < 1.29 is 0 Å². The molecule has 0 bridgehead atoms. The summed E-state index contributed by atoms with van der Waals surface area (Å²) >= 11 is 11.1. The fraction of sp³-hybridized carbons (Fsp3) is 0.182. The quantitative estimate of drug-likeness (QED) is 0.890. The van der Waals surface area contributed by atoms with Crippen molar-refractivity contribution in [1.82, 2.24) is 4.98 Å². The minimum absolute atomic E-state index is 0.718. The van der Waals surface area contributed by atoms with E-state index in [4.69, 9.17) is 11.6 Å². The highest BCUT2D eigenvalue weighted by atomic mass is 79.9. The molecule has 0 atom stereocenters. The highest BCUT2D eigenvalue weighted by Gasteiger charge is 2.05. The molecular formula is C11H10BrClN2S. The van der Waals surface area contributed by atoms with Gasteiger partial charge in [-0.3, -0.25) is 0 Å². The molecule has 1 N–H and O–H groups in total. The van der Waals surface area contributed by atoms with E-state index in [-0.39, 0.29) is 0 Å². The van der Waals surface area contributed by atoms with Gasteiger partial charge in [-0.05, 0) is 40.5 Å². The van der Waals surface area contributed by atoms with Crippen LogP contribution >= 0.6 is 38.9 Å². The summed E-state index contributed by atoms with van der Waals surface area (Å²) in [6.45, 7) is 2.94. The van der Waals surface area contributed by atoms with Gasteiger partial charge < -0.3 is 5.32 Å². The number of hydrogen-bond donors (Lipinski definition) is 1. The van der Waals surface area contributed by atoms with E-state index < -0.39 is 0 Å². The molecule has 1 aromatic heterocycles. The Kier molecular flexibility index (Phi) is 3.84. The Balaban J connectivity index is 2.31. The number of nitrogens with one attached hydrogen (secondary N) is 1. The Morgan fingerprint density at radius 2 is 2.31 bits per heavy atom. The van der Waals surface area contributed by atoms with Gasteiger partial charge in [0.2, 0.25) is 0 Å². The predicted octanol–water partition coefficient (Wildman–Crippen LogP) is 4.66. The molecule has 2 rings (SSSR count). The monoisotopic (exact) mass is 316 g/mol. The van der Waals surface area contributed by atoms with Gasteiger partial charge in [-0.25, -0.2) is 4.98 Å². The van der Waals surface area contributed by atoms with Gasteiger partial charge in [0.1, 0.15) is 0 Å². The number of aromatic nitrogens is 1. The molecule has 0 unspecified atom stereocenters. The Labute approximate surface area is 112 Å². The van der Waals surface area contributed by atoms with E-state index in [2.05, 4.69) is 33.2 Å². The Morgan fingerprint density at radius 1 is 1.50 bits per heavy atom. The first-order chi connectivity index (χ1) is 7.70. The Morgan fingerprint density at radius 3 is 3.00 bits per heavy atom. The van der Waals surface area contributed by atoms with Crippen LogP contribution in [-0.2, 0) is 0 Å². The molecule has 0 fully saturated rings. The molecule has 16 heavy (non-hydrogen) atoms. The van der Waals surface area contributed by atoms with E-state index >= 15 is 0 Å². The summed E-state index contributed by atoms with van der Waals surface area (Å²) in [4.78, 5) is 5.40. The number of hydrogen-bond acceptors (Lipinski definition) is 3. The first kappa shape index (κ1) is 11.9. The summed E-state index contributed by atoms with van der Waals surface area (Å²) in [6.07, 6.45) is 1.86. The van der Waals surface area contributed by atoms with Crippen LogP contribution in [0.1, 0.15) is 6.92 Å². The molecule has 0 spiro atoms. The van der Waals surface area contributed by atoms with Crippen LogP contribution in [0.25, 0.3) is 10.4 Å². The molecule has 0 aliphatic carbocycles. The van der Waals surface area contributed by atoms with Crippen LogP contribution in [0.5, 0.6) is 0 Å². The average molecular weight is 318 g/mol. The number of halogens is 2. The van der Waals surface area contributed by atoms with Gasteiger partial charge in [0.15, 0.2) is 5.13 Å². The molecular weight excluding hydrogens is 308 g/mol. The Bertz CT molecular complexity index is 498. The maximum absolute atomic E-state index is 6.05. The number of rotatable bonds is 3. The molecule has 0 saturated heterocycles. The lowest BCUT2D eigenvalue weighted by atomic mass is 10.2. The van der Waals surface area contributed by atoms with Gasteiger partial charge >= 0.3 is 0 Å². The zero-order valence-corrected chi connectivity index (χ0v) is 11.8. The molecule has 0 radical (unpaired) electrons. The van der Waals surface area contributed by atoms with Gasteiger partial charge in [-0.15, -0.1) is 0 Å². The molecule has 0 amide bonds. The van der Waals surface area contributed by atoms with Gasteiger partial charge in [-0.1, -0.05) is 29.0 Å². The first-order valence-corrected chi connectivity index (χ1v) is 6.84. The van der Waals surface area contributed by atoms with Crippen molar-refractivity contribution in [3.8, 4) is 10.4 Å². The molecule has 5 heteroatoms. The summed E-state index contributed by atoms with van der Waals surface area (Å²) < 4.78 is 0.911. The van der Waals surface area contributed by atoms with Gasteiger partial charge in [-0.2, -0.15) is 0 Å². The van der Waals surface area contributed by atoms with Crippen LogP contribution < -0.4 is 5.32 Å². The van der Waals surface area contributed by atoms with E-state index in [0.717, 1.165) is 31.6 Å². The van der Waals surface area contributed by atoms with Crippen LogP contribution in [-0.4, -0.2) is 11.5 Å². The minimum atomic E-state index is 0.718. The highest BCUT2D eigenvalue weighted by molar-refractivity contribution is 9.10. The van der Waals surface area contributed by atoms with E-state index in [1.165, 1.54) is 0 Å². The van der Waals surface area contributed by atoms with Gasteiger partial charge in [0, 0.05) is 17.2 Å². The summed E-state index contributed by atoms with van der Waals surface area (Å²) in [5.41, 5.74) is 1.09. The van der Waals surface area contributed by atoms with Crippen molar-refractivity contribution in [2.75, 3.05) is 11.9 Å². The fourth-order valence-corrected chi connectivity index (χ4v) is 2.60. The lowest BCUT2D eigenvalue weighted by Crippen LogP contribution is -1.94. The zero-order chi connectivity index (χ0) is 11.5. The van der Waals surface area contributed by atoms with Crippen LogP contribution in [0.4, 0.5) is 5.13 Å². The van der Waals surface area contributed by atoms with Crippen LogP contribution in [0.2, 0.25) is 5.02 Å². The number of anilines is 1. The lowest BCUT2D eigenvalue weighted by Gasteiger charge is -1.99. The van der Waals surface area contributed by atoms with Crippen LogP contribution in [0.15, 0.2) is 28.9 Å². The van der Waals surface area contributed by atoms with Crippen molar-refractivity contribution in [2.45, 2.75) is 6.92 Å². The molecule has 2 nitrogen and oxygen atoms in total. The van der Waals surface area contributed by atoms with Crippen molar-refractivity contribution >= 4 is 44.0 Å². The summed E-state index contributed by atoms with van der Waals surface area (Å²) in [5.74, 6) is 0. The standard InChI is InChI=1S/C11H10BrClN2S/c1-2-14-11-15-6-10(16-11)7-3-4-8(12)9(13)5-7/h3-6H,2H2,1H3,(H,14,15). The lowest BCUT2D eigenvalue weighted by molar-refractivity contribution is 1.19. The van der Waals surface area contributed by atoms with Crippen molar-refractivity contribution in [3.63, 3.8) is 0 Å². The SMILES string of the molecule is CCNc1ncc(-c2ccc(Br)c(Cl)c2)s1. The minimum Gasteiger partial charge on any atom is -0.362 e. The first-order valence-electron chi connectivity index (χ1n) is 4.86. The second kappa shape index (κ2) is 5.17. The third-order valence-corrected chi connectivity index (χ3v) is 4.27. The number of nitrogens with zero attached hydrogens (tertiary/aromatic N) is 1. The van der Waals surface area contributed by atoms with Gasteiger partial charge in [0.05, 0.1) is 9.90 Å². The van der Waals surface area contributed by atoms with Crippen LogP contribution in [0.3, 0.4) is 0 Å². The number of benzene rings is 1. The van der Waals surface area contributed by atoms with Crippen LogP contribution in [0, 0.1) is 0 Å². The molecule has 1 aromatic carbocycles. The zero-order valence-electron chi connectivity index (χ0n) is 8.63. The summed E-state index contributed by atoms with van der Waals surface area (Å²) in [6, 6.07) is 5.92. The molecule has 2 aromatic rings. The van der Waals surface area contributed by atoms with E-state index in [0.29, 0.717) is 0 Å². The smallest absolute Gasteiger partial charge is 0.183 e. The second-order valence-corrected chi connectivity index (χ2v) is 5.48. The molecule has 0 aliphatic rings. The highest BCUT2D eigenvalue weighted by Crippen LogP contribution is 2.33. The third kappa shape index (κ3) is 2.56. The van der Waals surface area contributed by atoms with E-state index in [9.17, 15) is 0 Å². The Hall–Kier alpha value is -0.580. The number of thiazole rings is 1. The maximum atomic E-state index is 6.05. The second-order valence-electron chi connectivity index (χ2n) is 3.19. The van der Waals surface area contributed by atoms with E-state index in [1.807, 2.05) is 24.4 Å². The third-order valence-electron chi connectivity index (χ3n) is 2.04. The topological polar surface area (TPSA) is 24.9 Å². The summed E-state index contributed by atoms with van der Waals surface area (Å²) in [7, 11) is 0. The van der Waals surface area contributed by atoms with Crippen molar-refractivity contribution in [3.05, 3.63) is 33.9 Å². The largest absolute Gasteiger partial charge is 0.362 e. The predicted molar refractivity (Wildman–Crippen MR) is 74.4 cm³/mol. The average Bonchev–Trinajstić information content (AvgIpc) is 2.71. The molecule has 84 valence electrons. The molecule has 1 heterocycles. The maximum Gasteiger partial charge on any atom is 0.183 e. The summed E-state index contributed by atoms with van der Waals surface area (Å²) in [5, 5.41) is 4.85.